The van der Waals surface area contributed by atoms with Crippen molar-refractivity contribution in [2.45, 2.75) is 27.7 Å². The molecule has 0 bridgehead atoms. The summed E-state index contributed by atoms with van der Waals surface area (Å²) < 4.78 is 3.36. The Morgan fingerprint density at radius 3 is 2.44 bits per heavy atom. The normalized spacial score (nSPS) is 11.1. The van der Waals surface area contributed by atoms with Crippen LogP contribution in [0.5, 0.6) is 0 Å². The standard InChI is InChI=1S/C19H19N7O/c1-11-5-7-15(8-6-11)26-14(4)16(13(3)23-26)21-18(27)17-22-19-20-10-9-12(2)25(19)24-17/h5-10H,1-4H3,(H,21,27). The molecule has 0 aliphatic rings. The van der Waals surface area contributed by atoms with Gasteiger partial charge in [-0.3, -0.25) is 4.79 Å². The molecule has 27 heavy (non-hydrogen) atoms. The number of hydrogen-bond donors (Lipinski definition) is 1. The summed E-state index contributed by atoms with van der Waals surface area (Å²) in [7, 11) is 0. The molecular weight excluding hydrogens is 342 g/mol. The highest BCUT2D eigenvalue weighted by Gasteiger charge is 2.19. The van der Waals surface area contributed by atoms with Gasteiger partial charge in [0, 0.05) is 11.9 Å². The lowest BCUT2D eigenvalue weighted by Crippen LogP contribution is -2.15. The maximum absolute atomic E-state index is 12.7. The van der Waals surface area contributed by atoms with E-state index in [-0.39, 0.29) is 5.82 Å². The van der Waals surface area contributed by atoms with Crippen LogP contribution in [-0.2, 0) is 0 Å². The van der Waals surface area contributed by atoms with Crippen molar-refractivity contribution in [1.29, 1.82) is 0 Å². The molecule has 4 aromatic rings. The van der Waals surface area contributed by atoms with E-state index in [1.165, 1.54) is 5.56 Å². The number of hydrogen-bond acceptors (Lipinski definition) is 5. The third kappa shape index (κ3) is 2.95. The molecule has 1 aromatic carbocycles. The van der Waals surface area contributed by atoms with Crippen molar-refractivity contribution in [1.82, 2.24) is 29.4 Å². The number of amides is 1. The van der Waals surface area contributed by atoms with Crippen LogP contribution in [0.15, 0.2) is 36.5 Å². The van der Waals surface area contributed by atoms with E-state index in [4.69, 9.17) is 0 Å². The van der Waals surface area contributed by atoms with Crippen molar-refractivity contribution in [3.63, 3.8) is 0 Å². The lowest BCUT2D eigenvalue weighted by Gasteiger charge is -2.06. The van der Waals surface area contributed by atoms with E-state index in [0.717, 1.165) is 22.8 Å². The van der Waals surface area contributed by atoms with Crippen LogP contribution in [0.3, 0.4) is 0 Å². The molecule has 0 spiro atoms. The van der Waals surface area contributed by atoms with Crippen molar-refractivity contribution < 1.29 is 4.79 Å². The van der Waals surface area contributed by atoms with Gasteiger partial charge in [0.25, 0.3) is 11.7 Å². The largest absolute Gasteiger partial charge is 0.316 e. The first kappa shape index (κ1) is 16.9. The Morgan fingerprint density at radius 2 is 1.74 bits per heavy atom. The predicted molar refractivity (Wildman–Crippen MR) is 101 cm³/mol. The molecule has 0 atom stereocenters. The minimum Gasteiger partial charge on any atom is -0.316 e. The Kier molecular flexibility index (Phi) is 3.95. The van der Waals surface area contributed by atoms with E-state index >= 15 is 0 Å². The smallest absolute Gasteiger partial charge is 0.295 e. The van der Waals surface area contributed by atoms with Crippen molar-refractivity contribution in [2.24, 2.45) is 0 Å². The van der Waals surface area contributed by atoms with Gasteiger partial charge in [0.15, 0.2) is 0 Å². The minimum atomic E-state index is -0.394. The van der Waals surface area contributed by atoms with E-state index in [2.05, 4.69) is 25.5 Å². The van der Waals surface area contributed by atoms with E-state index in [0.29, 0.717) is 11.5 Å². The zero-order valence-corrected chi connectivity index (χ0v) is 15.6. The van der Waals surface area contributed by atoms with Gasteiger partial charge in [0.2, 0.25) is 5.82 Å². The summed E-state index contributed by atoms with van der Waals surface area (Å²) in [6.45, 7) is 7.69. The molecule has 0 aliphatic carbocycles. The first-order chi connectivity index (χ1) is 12.9. The summed E-state index contributed by atoms with van der Waals surface area (Å²) in [5.41, 5.74) is 5.18. The van der Waals surface area contributed by atoms with Gasteiger partial charge < -0.3 is 5.32 Å². The highest BCUT2D eigenvalue weighted by Crippen LogP contribution is 2.23. The van der Waals surface area contributed by atoms with E-state index < -0.39 is 5.91 Å². The molecule has 1 amide bonds. The first-order valence-corrected chi connectivity index (χ1v) is 8.57. The minimum absolute atomic E-state index is 0.0682. The number of anilines is 1. The molecule has 8 heteroatoms. The molecule has 8 nitrogen and oxygen atoms in total. The maximum Gasteiger partial charge on any atom is 0.295 e. The van der Waals surface area contributed by atoms with Crippen molar-refractivity contribution in [3.05, 3.63) is 65.0 Å². The van der Waals surface area contributed by atoms with Gasteiger partial charge in [-0.15, -0.1) is 5.10 Å². The van der Waals surface area contributed by atoms with Gasteiger partial charge in [-0.05, 0) is 45.9 Å². The molecule has 3 heterocycles. The number of benzene rings is 1. The third-order valence-electron chi connectivity index (χ3n) is 4.44. The van der Waals surface area contributed by atoms with Crippen LogP contribution in [0.4, 0.5) is 5.69 Å². The Morgan fingerprint density at radius 1 is 1.00 bits per heavy atom. The van der Waals surface area contributed by atoms with Gasteiger partial charge in [0.1, 0.15) is 0 Å². The Bertz CT molecular complexity index is 1150. The number of aromatic nitrogens is 6. The first-order valence-electron chi connectivity index (χ1n) is 8.57. The fraction of sp³-hybridized carbons (Fsp3) is 0.211. The number of carbonyl (C=O) groups excluding carboxylic acids is 1. The summed E-state index contributed by atoms with van der Waals surface area (Å²) in [4.78, 5) is 21.0. The van der Waals surface area contributed by atoms with Crippen LogP contribution in [0.2, 0.25) is 0 Å². The molecule has 0 aliphatic heterocycles. The fourth-order valence-corrected chi connectivity index (χ4v) is 2.93. The van der Waals surface area contributed by atoms with Crippen molar-refractivity contribution >= 4 is 17.4 Å². The van der Waals surface area contributed by atoms with E-state index in [9.17, 15) is 4.79 Å². The second-order valence-corrected chi connectivity index (χ2v) is 6.48. The summed E-state index contributed by atoms with van der Waals surface area (Å²) in [5.74, 6) is 0.0668. The highest BCUT2D eigenvalue weighted by atomic mass is 16.2. The third-order valence-corrected chi connectivity index (χ3v) is 4.44. The van der Waals surface area contributed by atoms with Crippen LogP contribution in [0.25, 0.3) is 11.5 Å². The number of carbonyl (C=O) groups is 1. The van der Waals surface area contributed by atoms with Crippen LogP contribution in [0.1, 0.15) is 33.3 Å². The summed E-state index contributed by atoms with van der Waals surface area (Å²) in [6.07, 6.45) is 1.64. The second kappa shape index (κ2) is 6.31. The van der Waals surface area contributed by atoms with Gasteiger partial charge in [-0.2, -0.15) is 10.1 Å². The Balaban J connectivity index is 1.66. The molecule has 1 N–H and O–H groups in total. The summed E-state index contributed by atoms with van der Waals surface area (Å²) >= 11 is 0. The molecular formula is C19H19N7O. The number of rotatable bonds is 3. The van der Waals surface area contributed by atoms with Gasteiger partial charge in [-0.1, -0.05) is 17.7 Å². The SMILES string of the molecule is Cc1ccc(-n2nc(C)c(NC(=O)c3nc4nccc(C)n4n3)c2C)cc1. The van der Waals surface area contributed by atoms with Crippen molar-refractivity contribution in [3.8, 4) is 5.69 Å². The Hall–Kier alpha value is -3.55. The number of aryl methyl sites for hydroxylation is 3. The summed E-state index contributed by atoms with van der Waals surface area (Å²) in [5, 5.41) is 11.7. The van der Waals surface area contributed by atoms with Gasteiger partial charge >= 0.3 is 0 Å². The van der Waals surface area contributed by atoms with E-state index in [1.807, 2.05) is 62.7 Å². The molecule has 0 saturated carbocycles. The molecule has 0 fully saturated rings. The lowest BCUT2D eigenvalue weighted by atomic mass is 10.2. The zero-order chi connectivity index (χ0) is 19.1. The molecule has 136 valence electrons. The predicted octanol–water partition coefficient (Wildman–Crippen LogP) is 2.80. The zero-order valence-electron chi connectivity index (χ0n) is 15.6. The van der Waals surface area contributed by atoms with Crippen molar-refractivity contribution in [2.75, 3.05) is 5.32 Å². The number of nitrogens with one attached hydrogen (secondary N) is 1. The van der Waals surface area contributed by atoms with Crippen LogP contribution < -0.4 is 5.32 Å². The number of fused-ring (bicyclic) bond motifs is 1. The fourth-order valence-electron chi connectivity index (χ4n) is 2.93. The second-order valence-electron chi connectivity index (χ2n) is 6.48. The lowest BCUT2D eigenvalue weighted by molar-refractivity contribution is 0.101. The molecule has 0 unspecified atom stereocenters. The van der Waals surface area contributed by atoms with Crippen LogP contribution in [-0.4, -0.2) is 35.3 Å². The molecule has 4 rings (SSSR count). The van der Waals surface area contributed by atoms with E-state index in [1.54, 1.807) is 10.7 Å². The monoisotopic (exact) mass is 361 g/mol. The summed E-state index contributed by atoms with van der Waals surface area (Å²) in [6, 6.07) is 9.86. The molecule has 0 radical (unpaired) electrons. The maximum atomic E-state index is 12.7. The quantitative estimate of drug-likeness (QED) is 0.606. The van der Waals surface area contributed by atoms with Gasteiger partial charge in [-0.25, -0.2) is 14.2 Å². The van der Waals surface area contributed by atoms with Crippen LogP contribution in [0, 0.1) is 27.7 Å². The van der Waals surface area contributed by atoms with Gasteiger partial charge in [0.05, 0.1) is 22.8 Å². The number of nitrogens with zero attached hydrogens (tertiary/aromatic N) is 6. The molecule has 3 aromatic heterocycles. The molecule has 0 saturated heterocycles. The average Bonchev–Trinajstić information content (AvgIpc) is 3.20. The Labute approximate surface area is 155 Å². The highest BCUT2D eigenvalue weighted by molar-refractivity contribution is 6.02. The van der Waals surface area contributed by atoms with Crippen LogP contribution >= 0.6 is 0 Å². The topological polar surface area (TPSA) is 90.0 Å². The average molecular weight is 361 g/mol.